The van der Waals surface area contributed by atoms with Crippen LogP contribution in [0.5, 0.6) is 0 Å². The second-order valence-corrected chi connectivity index (χ2v) is 7.77. The van der Waals surface area contributed by atoms with Crippen LogP contribution in [0.4, 0.5) is 0 Å². The van der Waals surface area contributed by atoms with Crippen molar-refractivity contribution in [1.82, 2.24) is 20.2 Å². The Morgan fingerprint density at radius 1 is 1.17 bits per heavy atom. The number of nitrogens with zero attached hydrogens (tertiary/aromatic N) is 4. The zero-order valence-electron chi connectivity index (χ0n) is 15.7. The van der Waals surface area contributed by atoms with Crippen LogP contribution in [0.25, 0.3) is 28.1 Å². The van der Waals surface area contributed by atoms with E-state index in [1.165, 1.54) is 11.8 Å². The highest BCUT2D eigenvalue weighted by Crippen LogP contribution is 2.31. The number of fused-ring (bicyclic) bond motifs is 1. The number of aliphatic hydroxyl groups excluding tert-OH is 1. The standard InChI is InChI=1S/C21H17N5O2S/c1-12-7-9-14(10-8-12)20-25-26-21(28-20)29-13(2)18(27)15(11-22)19-23-16-5-3-4-6-17(16)24-19/h3-10,13,27H,1-2H3,(H,23,24)/b18-15-. The molecule has 29 heavy (non-hydrogen) atoms. The van der Waals surface area contributed by atoms with Crippen LogP contribution < -0.4 is 0 Å². The zero-order valence-corrected chi connectivity index (χ0v) is 16.6. The molecule has 2 aromatic carbocycles. The first-order chi connectivity index (χ1) is 14.0. The van der Waals surface area contributed by atoms with E-state index in [-0.39, 0.29) is 11.3 Å². The number of rotatable bonds is 5. The summed E-state index contributed by atoms with van der Waals surface area (Å²) in [5.74, 6) is 0.622. The van der Waals surface area contributed by atoms with Crippen LogP contribution in [0.1, 0.15) is 18.3 Å². The number of aromatic amines is 1. The molecule has 4 rings (SSSR count). The van der Waals surface area contributed by atoms with Gasteiger partial charge in [0.1, 0.15) is 17.4 Å². The van der Waals surface area contributed by atoms with Crippen LogP contribution >= 0.6 is 11.8 Å². The molecule has 4 aromatic rings. The van der Waals surface area contributed by atoms with Crippen molar-refractivity contribution in [2.75, 3.05) is 0 Å². The van der Waals surface area contributed by atoms with Crippen LogP contribution in [-0.4, -0.2) is 30.5 Å². The summed E-state index contributed by atoms with van der Waals surface area (Å²) in [6, 6.07) is 17.2. The molecule has 7 nitrogen and oxygen atoms in total. The zero-order chi connectivity index (χ0) is 20.4. The minimum Gasteiger partial charge on any atom is -0.510 e. The Bertz CT molecular complexity index is 1200. The lowest BCUT2D eigenvalue weighted by Gasteiger charge is -2.08. The van der Waals surface area contributed by atoms with Gasteiger partial charge < -0.3 is 14.5 Å². The summed E-state index contributed by atoms with van der Waals surface area (Å²) in [5.41, 5.74) is 3.56. The van der Waals surface area contributed by atoms with Gasteiger partial charge in [-0.05, 0) is 38.1 Å². The first-order valence-electron chi connectivity index (χ1n) is 8.90. The van der Waals surface area contributed by atoms with Gasteiger partial charge >= 0.3 is 0 Å². The van der Waals surface area contributed by atoms with Gasteiger partial charge in [0.15, 0.2) is 5.82 Å². The summed E-state index contributed by atoms with van der Waals surface area (Å²) in [5, 5.41) is 28.2. The summed E-state index contributed by atoms with van der Waals surface area (Å²) >= 11 is 1.17. The Morgan fingerprint density at radius 3 is 2.66 bits per heavy atom. The summed E-state index contributed by atoms with van der Waals surface area (Å²) in [6.45, 7) is 3.76. The number of hydrogen-bond donors (Lipinski definition) is 2. The van der Waals surface area contributed by atoms with Crippen molar-refractivity contribution in [1.29, 1.82) is 5.26 Å². The second kappa shape index (κ2) is 7.81. The van der Waals surface area contributed by atoms with Crippen molar-refractivity contribution in [3.63, 3.8) is 0 Å². The van der Waals surface area contributed by atoms with E-state index in [0.29, 0.717) is 16.9 Å². The fraction of sp³-hybridized carbons (Fsp3) is 0.143. The van der Waals surface area contributed by atoms with Crippen molar-refractivity contribution in [2.24, 2.45) is 0 Å². The molecule has 0 amide bonds. The third kappa shape index (κ3) is 3.86. The number of nitriles is 1. The molecule has 0 radical (unpaired) electrons. The molecule has 2 N–H and O–H groups in total. The Kier molecular flexibility index (Phi) is 5.06. The average Bonchev–Trinajstić information content (AvgIpc) is 3.36. The maximum Gasteiger partial charge on any atom is 0.277 e. The molecule has 0 bridgehead atoms. The van der Waals surface area contributed by atoms with Crippen LogP contribution in [-0.2, 0) is 0 Å². The molecule has 0 aliphatic carbocycles. The largest absolute Gasteiger partial charge is 0.510 e. The van der Waals surface area contributed by atoms with Crippen molar-refractivity contribution in [3.8, 4) is 17.5 Å². The number of imidazole rings is 1. The number of para-hydroxylation sites is 2. The number of hydrogen-bond acceptors (Lipinski definition) is 7. The number of aliphatic hydroxyl groups is 1. The van der Waals surface area contributed by atoms with Gasteiger partial charge in [-0.15, -0.1) is 10.2 Å². The molecule has 2 aromatic heterocycles. The fourth-order valence-corrected chi connectivity index (χ4v) is 3.53. The van der Waals surface area contributed by atoms with E-state index in [2.05, 4.69) is 20.2 Å². The van der Waals surface area contributed by atoms with E-state index >= 15 is 0 Å². The molecule has 0 saturated carbocycles. The Hall–Kier alpha value is -3.57. The average molecular weight is 403 g/mol. The molecule has 144 valence electrons. The van der Waals surface area contributed by atoms with Gasteiger partial charge in [-0.2, -0.15) is 5.26 Å². The Balaban J connectivity index is 1.57. The van der Waals surface area contributed by atoms with Gasteiger partial charge in [-0.25, -0.2) is 4.98 Å². The molecular weight excluding hydrogens is 386 g/mol. The summed E-state index contributed by atoms with van der Waals surface area (Å²) in [7, 11) is 0. The molecular formula is C21H17N5O2S. The van der Waals surface area contributed by atoms with E-state index in [1.54, 1.807) is 6.92 Å². The highest BCUT2D eigenvalue weighted by molar-refractivity contribution is 7.99. The molecule has 2 heterocycles. The monoisotopic (exact) mass is 403 g/mol. The molecule has 1 unspecified atom stereocenters. The molecule has 1 atom stereocenters. The maximum absolute atomic E-state index is 10.7. The Labute approximate surface area is 171 Å². The SMILES string of the molecule is Cc1ccc(-c2nnc(SC(C)/C(O)=C(\C#N)c3nc4ccccc4[nH]3)o2)cc1. The van der Waals surface area contributed by atoms with Gasteiger partial charge in [0.25, 0.3) is 5.22 Å². The molecule has 0 fully saturated rings. The van der Waals surface area contributed by atoms with Crippen molar-refractivity contribution >= 4 is 28.4 Å². The molecule has 0 aliphatic rings. The van der Waals surface area contributed by atoms with Gasteiger partial charge in [-0.1, -0.05) is 41.6 Å². The second-order valence-electron chi connectivity index (χ2n) is 6.47. The summed E-state index contributed by atoms with van der Waals surface area (Å²) in [6.07, 6.45) is 0. The van der Waals surface area contributed by atoms with E-state index in [4.69, 9.17) is 4.42 Å². The predicted octanol–water partition coefficient (Wildman–Crippen LogP) is 4.89. The lowest BCUT2D eigenvalue weighted by molar-refractivity contribution is 0.399. The number of benzene rings is 2. The number of aryl methyl sites for hydroxylation is 1. The van der Waals surface area contributed by atoms with Gasteiger partial charge in [0.2, 0.25) is 5.89 Å². The Morgan fingerprint density at radius 2 is 1.93 bits per heavy atom. The predicted molar refractivity (Wildman–Crippen MR) is 111 cm³/mol. The van der Waals surface area contributed by atoms with E-state index in [0.717, 1.165) is 22.2 Å². The topological polar surface area (TPSA) is 112 Å². The summed E-state index contributed by atoms with van der Waals surface area (Å²) in [4.78, 5) is 7.45. The van der Waals surface area contributed by atoms with Gasteiger partial charge in [-0.3, -0.25) is 0 Å². The number of H-pyrrole nitrogens is 1. The third-order valence-corrected chi connectivity index (χ3v) is 5.31. The number of nitrogens with one attached hydrogen (secondary N) is 1. The fourth-order valence-electron chi connectivity index (χ4n) is 2.78. The maximum atomic E-state index is 10.7. The van der Waals surface area contributed by atoms with Crippen molar-refractivity contribution in [2.45, 2.75) is 24.3 Å². The smallest absolute Gasteiger partial charge is 0.277 e. The highest BCUT2D eigenvalue weighted by atomic mass is 32.2. The third-order valence-electron chi connectivity index (χ3n) is 4.36. The lowest BCUT2D eigenvalue weighted by Crippen LogP contribution is -2.04. The van der Waals surface area contributed by atoms with Crippen LogP contribution in [0, 0.1) is 18.3 Å². The van der Waals surface area contributed by atoms with E-state index < -0.39 is 5.25 Å². The van der Waals surface area contributed by atoms with Crippen LogP contribution in [0.2, 0.25) is 0 Å². The van der Waals surface area contributed by atoms with Gasteiger partial charge in [0, 0.05) is 5.56 Å². The van der Waals surface area contributed by atoms with Crippen molar-refractivity contribution < 1.29 is 9.52 Å². The summed E-state index contributed by atoms with van der Waals surface area (Å²) < 4.78 is 5.70. The molecule has 0 saturated heterocycles. The van der Waals surface area contributed by atoms with Crippen LogP contribution in [0.15, 0.2) is 63.9 Å². The number of thioether (sulfide) groups is 1. The van der Waals surface area contributed by atoms with E-state index in [9.17, 15) is 10.4 Å². The highest BCUT2D eigenvalue weighted by Gasteiger charge is 2.21. The number of aromatic nitrogens is 4. The molecule has 0 spiro atoms. The minimum absolute atomic E-state index is 0.0828. The molecule has 0 aliphatic heterocycles. The minimum atomic E-state index is -0.482. The van der Waals surface area contributed by atoms with Crippen LogP contribution in [0.3, 0.4) is 0 Å². The number of allylic oxidation sites excluding steroid dienone is 1. The first kappa shape index (κ1) is 18.8. The molecule has 8 heteroatoms. The van der Waals surface area contributed by atoms with E-state index in [1.807, 2.05) is 61.5 Å². The quantitative estimate of drug-likeness (QED) is 0.277. The first-order valence-corrected chi connectivity index (χ1v) is 9.78. The van der Waals surface area contributed by atoms with Gasteiger partial charge in [0.05, 0.1) is 16.3 Å². The lowest BCUT2D eigenvalue weighted by atomic mass is 10.1. The normalized spacial score (nSPS) is 13.1. The van der Waals surface area contributed by atoms with Crippen molar-refractivity contribution in [3.05, 3.63) is 65.7 Å².